The van der Waals surface area contributed by atoms with Gasteiger partial charge in [0.25, 0.3) is 0 Å². The van der Waals surface area contributed by atoms with Gasteiger partial charge in [-0.2, -0.15) is 5.10 Å². The van der Waals surface area contributed by atoms with Crippen molar-refractivity contribution in [2.24, 2.45) is 7.05 Å². The molecule has 0 amide bonds. The number of anilines is 4. The molecule has 2 aliphatic heterocycles. The van der Waals surface area contributed by atoms with E-state index in [0.717, 1.165) is 36.0 Å². The molecule has 0 saturated carbocycles. The molecule has 2 aromatic heterocycles. The fourth-order valence-electron chi connectivity index (χ4n) is 5.13. The number of rotatable bonds is 7. The lowest BCUT2D eigenvalue weighted by molar-refractivity contribution is 0.122. The monoisotopic (exact) mass is 549 g/mol. The summed E-state index contributed by atoms with van der Waals surface area (Å²) in [4.78, 5) is 16.9. The topological polar surface area (TPSA) is 89.8 Å². The molecule has 208 valence electrons. The van der Waals surface area contributed by atoms with Gasteiger partial charge >= 0.3 is 0 Å². The Bertz CT molecular complexity index is 1490. The van der Waals surface area contributed by atoms with Crippen molar-refractivity contribution in [1.29, 1.82) is 0 Å². The minimum Gasteiger partial charge on any atom is -0.494 e. The minimum absolute atomic E-state index is 0.390. The van der Waals surface area contributed by atoms with Crippen molar-refractivity contribution in [3.63, 3.8) is 0 Å². The lowest BCUT2D eigenvalue weighted by Crippen LogP contribution is -2.36. The zero-order valence-electron chi connectivity index (χ0n) is 22.2. The molecule has 0 radical (unpaired) electrons. The molecule has 4 heterocycles. The number of hydrogen-bond donors (Lipinski definition) is 1. The van der Waals surface area contributed by atoms with Crippen molar-refractivity contribution in [3.8, 4) is 16.9 Å². The maximum absolute atomic E-state index is 13.9. The van der Waals surface area contributed by atoms with Crippen molar-refractivity contribution in [2.75, 3.05) is 55.3 Å². The van der Waals surface area contributed by atoms with E-state index in [4.69, 9.17) is 14.3 Å². The smallest absolute Gasteiger partial charge is 0.158 e. The second-order valence-corrected chi connectivity index (χ2v) is 9.62. The summed E-state index contributed by atoms with van der Waals surface area (Å²) >= 11 is 0. The molecule has 0 spiro atoms. The Balaban J connectivity index is 1.33. The lowest BCUT2D eigenvalue weighted by Gasteiger charge is -2.31. The first-order chi connectivity index (χ1) is 19.5. The first-order valence-electron chi connectivity index (χ1n) is 13.0. The van der Waals surface area contributed by atoms with E-state index < -0.39 is 17.7 Å². The average molecular weight is 550 g/mol. The average Bonchev–Trinajstić information content (AvgIpc) is 3.62. The van der Waals surface area contributed by atoms with E-state index in [1.54, 1.807) is 22.9 Å². The van der Waals surface area contributed by atoms with Gasteiger partial charge in [0, 0.05) is 67.8 Å². The molecule has 2 aliphatic rings. The molecule has 40 heavy (non-hydrogen) atoms. The van der Waals surface area contributed by atoms with E-state index in [1.165, 1.54) is 18.5 Å². The van der Waals surface area contributed by atoms with Gasteiger partial charge in [-0.25, -0.2) is 23.8 Å². The van der Waals surface area contributed by atoms with E-state index in [2.05, 4.69) is 25.3 Å². The number of hydroxylamine groups is 1. The molecule has 0 bridgehead atoms. The Hall–Kier alpha value is -4.29. The highest BCUT2D eigenvalue weighted by atomic mass is 19.1. The number of aryl methyl sites for hydroxylation is 1. The molecule has 1 atom stereocenters. The van der Waals surface area contributed by atoms with Gasteiger partial charge in [-0.05, 0) is 23.8 Å². The summed E-state index contributed by atoms with van der Waals surface area (Å²) in [7, 11) is 3.51. The molecule has 1 N–H and O–H groups in total. The fourth-order valence-corrected chi connectivity index (χ4v) is 5.13. The van der Waals surface area contributed by atoms with E-state index in [0.29, 0.717) is 54.9 Å². The molecule has 2 aromatic carbocycles. The van der Waals surface area contributed by atoms with Gasteiger partial charge in [0.15, 0.2) is 5.82 Å². The van der Waals surface area contributed by atoms with Crippen LogP contribution in [0.5, 0.6) is 5.75 Å². The number of halogens is 2. The maximum atomic E-state index is 13.9. The van der Waals surface area contributed by atoms with Crippen LogP contribution in [0.3, 0.4) is 0 Å². The number of nitrogens with one attached hydrogen (secondary N) is 1. The third kappa shape index (κ3) is 5.27. The van der Waals surface area contributed by atoms with Gasteiger partial charge in [0.2, 0.25) is 0 Å². The SMILES string of the molecule is COc1cc(N2CCOCC2)c(-c2cnn(C)c2)cc1Nc1cc(N2OCCC2c2cc(F)cc(F)c2)ncn1. The highest BCUT2D eigenvalue weighted by Gasteiger charge is 2.30. The Kier molecular flexibility index (Phi) is 7.18. The number of benzene rings is 2. The minimum atomic E-state index is -0.635. The van der Waals surface area contributed by atoms with Gasteiger partial charge < -0.3 is 19.7 Å². The zero-order chi connectivity index (χ0) is 27.6. The molecular formula is C28H29F2N7O3. The van der Waals surface area contributed by atoms with Crippen LogP contribution in [0.25, 0.3) is 11.1 Å². The largest absolute Gasteiger partial charge is 0.494 e. The lowest BCUT2D eigenvalue weighted by atomic mass is 10.0. The standard InChI is InChI=1S/C28H29F2N7O3/c1-35-16-19(15-33-35)22-12-23(26(38-2)13-25(22)36-4-7-39-8-5-36)34-27-14-28(32-17-31-27)37-24(3-6-40-37)18-9-20(29)11-21(30)10-18/h9-17,24H,3-8H2,1-2H3,(H,31,32,34). The molecule has 0 aliphatic carbocycles. The number of nitrogens with zero attached hydrogens (tertiary/aromatic N) is 6. The predicted molar refractivity (Wildman–Crippen MR) is 146 cm³/mol. The van der Waals surface area contributed by atoms with E-state index in [9.17, 15) is 8.78 Å². The fraction of sp³-hybridized carbons (Fsp3) is 0.321. The highest BCUT2D eigenvalue weighted by molar-refractivity contribution is 5.85. The normalized spacial score (nSPS) is 17.4. The van der Waals surface area contributed by atoms with Gasteiger partial charge in [-0.3, -0.25) is 9.52 Å². The number of morpholine rings is 1. The van der Waals surface area contributed by atoms with Gasteiger partial charge in [-0.1, -0.05) is 0 Å². The summed E-state index contributed by atoms with van der Waals surface area (Å²) < 4.78 is 41.0. The van der Waals surface area contributed by atoms with Crippen molar-refractivity contribution in [3.05, 3.63) is 72.3 Å². The first kappa shape index (κ1) is 26.0. The van der Waals surface area contributed by atoms with Gasteiger partial charge in [-0.15, -0.1) is 0 Å². The molecule has 4 aromatic rings. The molecular weight excluding hydrogens is 520 g/mol. The highest BCUT2D eigenvalue weighted by Crippen LogP contribution is 2.41. The third-order valence-corrected chi connectivity index (χ3v) is 7.00. The molecule has 6 rings (SSSR count). The van der Waals surface area contributed by atoms with Crippen LogP contribution in [0, 0.1) is 11.6 Å². The zero-order valence-corrected chi connectivity index (χ0v) is 22.2. The van der Waals surface area contributed by atoms with Crippen LogP contribution in [0.4, 0.5) is 31.8 Å². The van der Waals surface area contributed by atoms with Crippen LogP contribution >= 0.6 is 0 Å². The van der Waals surface area contributed by atoms with E-state index >= 15 is 0 Å². The second kappa shape index (κ2) is 11.1. The van der Waals surface area contributed by atoms with E-state index in [1.807, 2.05) is 31.6 Å². The van der Waals surface area contributed by atoms with Crippen LogP contribution in [0.2, 0.25) is 0 Å². The quantitative estimate of drug-likeness (QED) is 0.355. The van der Waals surface area contributed by atoms with Crippen LogP contribution in [-0.2, 0) is 16.6 Å². The molecule has 1 unspecified atom stereocenters. The van der Waals surface area contributed by atoms with Crippen LogP contribution in [0.15, 0.2) is 55.1 Å². The van der Waals surface area contributed by atoms with Gasteiger partial charge in [0.1, 0.15) is 29.5 Å². The number of methoxy groups -OCH3 is 1. The summed E-state index contributed by atoms with van der Waals surface area (Å²) in [5, 5.41) is 9.30. The van der Waals surface area contributed by atoms with Crippen molar-refractivity contribution in [2.45, 2.75) is 12.5 Å². The molecule has 2 saturated heterocycles. The first-order valence-corrected chi connectivity index (χ1v) is 13.0. The van der Waals surface area contributed by atoms with Crippen LogP contribution in [0.1, 0.15) is 18.0 Å². The predicted octanol–water partition coefficient (Wildman–Crippen LogP) is 4.63. The number of ether oxygens (including phenoxy) is 2. The number of hydrogen-bond acceptors (Lipinski definition) is 9. The summed E-state index contributed by atoms with van der Waals surface area (Å²) in [6.07, 6.45) is 5.77. The van der Waals surface area contributed by atoms with Crippen LogP contribution in [-0.4, -0.2) is 59.8 Å². The Labute approximate surface area is 230 Å². The van der Waals surface area contributed by atoms with Crippen molar-refractivity contribution < 1.29 is 23.1 Å². The Morgan fingerprint density at radius 3 is 2.52 bits per heavy atom. The number of aromatic nitrogens is 4. The van der Waals surface area contributed by atoms with Crippen LogP contribution < -0.4 is 20.0 Å². The summed E-state index contributed by atoms with van der Waals surface area (Å²) in [5.41, 5.74) is 4.16. The van der Waals surface area contributed by atoms with E-state index in [-0.39, 0.29) is 0 Å². The van der Waals surface area contributed by atoms with Crippen molar-refractivity contribution >= 4 is 23.0 Å². The molecule has 2 fully saturated rings. The maximum Gasteiger partial charge on any atom is 0.158 e. The molecule has 12 heteroatoms. The third-order valence-electron chi connectivity index (χ3n) is 7.00. The molecule has 10 nitrogen and oxygen atoms in total. The summed E-state index contributed by atoms with van der Waals surface area (Å²) in [5.74, 6) is 0.327. The van der Waals surface area contributed by atoms with Gasteiger partial charge in [0.05, 0.1) is 44.9 Å². The summed E-state index contributed by atoms with van der Waals surface area (Å²) in [6.45, 7) is 3.23. The summed E-state index contributed by atoms with van der Waals surface area (Å²) in [6, 6.07) is 8.85. The second-order valence-electron chi connectivity index (χ2n) is 9.62. The Morgan fingerprint density at radius 1 is 1.00 bits per heavy atom. The van der Waals surface area contributed by atoms with Crippen molar-refractivity contribution in [1.82, 2.24) is 19.7 Å². The Morgan fingerprint density at radius 2 is 1.80 bits per heavy atom.